The monoisotopic (exact) mass is 151 g/mol. The molecule has 0 aliphatic heterocycles. The molecule has 0 bridgehead atoms. The van der Waals surface area contributed by atoms with E-state index in [4.69, 9.17) is 5.73 Å². The van der Waals surface area contributed by atoms with Gasteiger partial charge in [-0.15, -0.1) is 0 Å². The smallest absolute Gasteiger partial charge is 0.00135 e. The van der Waals surface area contributed by atoms with Crippen molar-refractivity contribution in [2.45, 2.75) is 38.6 Å². The van der Waals surface area contributed by atoms with E-state index >= 15 is 0 Å². The first kappa shape index (κ1) is 8.54. The van der Waals surface area contributed by atoms with Gasteiger partial charge in [0.2, 0.25) is 0 Å². The maximum Gasteiger partial charge on any atom is 0.00135 e. The lowest BCUT2D eigenvalue weighted by molar-refractivity contribution is 0.656. The van der Waals surface area contributed by atoms with Crippen LogP contribution in [0.5, 0.6) is 0 Å². The van der Waals surface area contributed by atoms with Crippen LogP contribution in [-0.2, 0) is 0 Å². The summed E-state index contributed by atoms with van der Waals surface area (Å²) >= 11 is 0. The summed E-state index contributed by atoms with van der Waals surface area (Å²) in [5.41, 5.74) is 7.22. The molecule has 0 heterocycles. The molecule has 0 amide bonds. The van der Waals surface area contributed by atoms with Crippen molar-refractivity contribution in [1.29, 1.82) is 0 Å². The zero-order valence-electron chi connectivity index (χ0n) is 7.22. The third-order valence-electron chi connectivity index (χ3n) is 2.01. The SMILES string of the molecule is CC(N)CCC1=CCC=CC1. The Bertz CT molecular complexity index is 166. The topological polar surface area (TPSA) is 26.0 Å². The van der Waals surface area contributed by atoms with Crippen molar-refractivity contribution < 1.29 is 0 Å². The van der Waals surface area contributed by atoms with E-state index < -0.39 is 0 Å². The molecule has 1 atom stereocenters. The lowest BCUT2D eigenvalue weighted by Crippen LogP contribution is -2.14. The Morgan fingerprint density at radius 2 is 2.36 bits per heavy atom. The summed E-state index contributed by atoms with van der Waals surface area (Å²) in [6.07, 6.45) is 11.4. The van der Waals surface area contributed by atoms with E-state index in [9.17, 15) is 0 Å². The molecule has 11 heavy (non-hydrogen) atoms. The fraction of sp³-hybridized carbons (Fsp3) is 0.600. The van der Waals surface area contributed by atoms with E-state index in [-0.39, 0.29) is 0 Å². The number of allylic oxidation sites excluding steroid dienone is 4. The molecule has 0 aromatic rings. The predicted molar refractivity (Wildman–Crippen MR) is 49.3 cm³/mol. The lowest BCUT2D eigenvalue weighted by atomic mass is 9.99. The van der Waals surface area contributed by atoms with Crippen LogP contribution in [0.25, 0.3) is 0 Å². The van der Waals surface area contributed by atoms with Crippen molar-refractivity contribution in [1.82, 2.24) is 0 Å². The summed E-state index contributed by atoms with van der Waals surface area (Å²) < 4.78 is 0. The molecule has 62 valence electrons. The van der Waals surface area contributed by atoms with Crippen LogP contribution in [-0.4, -0.2) is 6.04 Å². The average Bonchev–Trinajstić information content (AvgIpc) is 2.03. The van der Waals surface area contributed by atoms with Crippen molar-refractivity contribution in [3.8, 4) is 0 Å². The molecule has 1 unspecified atom stereocenters. The highest BCUT2D eigenvalue weighted by Crippen LogP contribution is 2.16. The third-order valence-corrected chi connectivity index (χ3v) is 2.01. The number of rotatable bonds is 3. The molecule has 1 heteroatoms. The summed E-state index contributed by atoms with van der Waals surface area (Å²) in [7, 11) is 0. The van der Waals surface area contributed by atoms with Gasteiger partial charge in [0.05, 0.1) is 0 Å². The van der Waals surface area contributed by atoms with Gasteiger partial charge in [0, 0.05) is 6.04 Å². The first-order valence-electron chi connectivity index (χ1n) is 4.37. The number of hydrogen-bond acceptors (Lipinski definition) is 1. The second-order valence-corrected chi connectivity index (χ2v) is 3.29. The largest absolute Gasteiger partial charge is 0.328 e. The van der Waals surface area contributed by atoms with Gasteiger partial charge in [-0.25, -0.2) is 0 Å². The fourth-order valence-electron chi connectivity index (χ4n) is 1.27. The Morgan fingerprint density at radius 1 is 1.55 bits per heavy atom. The van der Waals surface area contributed by atoms with Gasteiger partial charge in [0.15, 0.2) is 0 Å². The normalized spacial score (nSPS) is 19.6. The summed E-state index contributed by atoms with van der Waals surface area (Å²) in [6, 6.07) is 0.349. The van der Waals surface area contributed by atoms with Crippen molar-refractivity contribution in [3.63, 3.8) is 0 Å². The van der Waals surface area contributed by atoms with Crippen LogP contribution in [0.2, 0.25) is 0 Å². The van der Waals surface area contributed by atoms with Gasteiger partial charge in [-0.2, -0.15) is 0 Å². The summed E-state index contributed by atoms with van der Waals surface area (Å²) in [4.78, 5) is 0. The molecule has 1 rings (SSSR count). The van der Waals surface area contributed by atoms with Crippen LogP contribution in [0, 0.1) is 0 Å². The Morgan fingerprint density at radius 3 is 2.91 bits per heavy atom. The highest BCUT2D eigenvalue weighted by molar-refractivity contribution is 5.14. The van der Waals surface area contributed by atoms with Crippen LogP contribution >= 0.6 is 0 Å². The molecule has 0 saturated carbocycles. The fourth-order valence-corrected chi connectivity index (χ4v) is 1.27. The Labute approximate surface area is 69.0 Å². The minimum atomic E-state index is 0.349. The molecular weight excluding hydrogens is 134 g/mol. The first-order valence-corrected chi connectivity index (χ1v) is 4.37. The van der Waals surface area contributed by atoms with Gasteiger partial charge in [0.1, 0.15) is 0 Å². The molecule has 0 spiro atoms. The Kier molecular flexibility index (Phi) is 3.37. The van der Waals surface area contributed by atoms with E-state index in [0.29, 0.717) is 6.04 Å². The third kappa shape index (κ3) is 3.38. The average molecular weight is 151 g/mol. The molecule has 1 nitrogen and oxygen atoms in total. The second-order valence-electron chi connectivity index (χ2n) is 3.29. The number of nitrogens with two attached hydrogens (primary N) is 1. The van der Waals surface area contributed by atoms with Gasteiger partial charge in [-0.05, 0) is 32.6 Å². The van der Waals surface area contributed by atoms with E-state index in [0.717, 1.165) is 19.3 Å². The zero-order valence-corrected chi connectivity index (χ0v) is 7.22. The molecule has 2 N–H and O–H groups in total. The standard InChI is InChI=1S/C10H17N/c1-9(11)7-8-10-5-3-2-4-6-10/h2-3,6,9H,4-5,7-8,11H2,1H3. The summed E-state index contributed by atoms with van der Waals surface area (Å²) in [5.74, 6) is 0. The van der Waals surface area contributed by atoms with E-state index in [2.05, 4.69) is 25.2 Å². The van der Waals surface area contributed by atoms with Crippen LogP contribution in [0.4, 0.5) is 0 Å². The molecule has 0 aromatic carbocycles. The minimum absolute atomic E-state index is 0.349. The second kappa shape index (κ2) is 4.35. The van der Waals surface area contributed by atoms with Crippen molar-refractivity contribution in [3.05, 3.63) is 23.8 Å². The van der Waals surface area contributed by atoms with Gasteiger partial charge < -0.3 is 5.73 Å². The van der Waals surface area contributed by atoms with Crippen LogP contribution < -0.4 is 5.73 Å². The van der Waals surface area contributed by atoms with Crippen molar-refractivity contribution in [2.75, 3.05) is 0 Å². The van der Waals surface area contributed by atoms with Gasteiger partial charge in [-0.3, -0.25) is 0 Å². The molecule has 0 fully saturated rings. The number of hydrogen-bond donors (Lipinski definition) is 1. The quantitative estimate of drug-likeness (QED) is 0.616. The molecule has 1 aliphatic rings. The molecule has 0 radical (unpaired) electrons. The molecular formula is C10H17N. The van der Waals surface area contributed by atoms with Gasteiger partial charge in [-0.1, -0.05) is 23.8 Å². The van der Waals surface area contributed by atoms with E-state index in [1.54, 1.807) is 5.57 Å². The van der Waals surface area contributed by atoms with E-state index in [1.807, 2.05) is 0 Å². The lowest BCUT2D eigenvalue weighted by Gasteiger charge is -2.09. The summed E-state index contributed by atoms with van der Waals surface area (Å²) in [6.45, 7) is 2.07. The van der Waals surface area contributed by atoms with Gasteiger partial charge in [0.25, 0.3) is 0 Å². The molecule has 1 aliphatic carbocycles. The predicted octanol–water partition coefficient (Wildman–Crippen LogP) is 2.39. The maximum absolute atomic E-state index is 5.66. The Balaban J connectivity index is 2.21. The minimum Gasteiger partial charge on any atom is -0.328 e. The highest BCUT2D eigenvalue weighted by Gasteiger charge is 2.00. The van der Waals surface area contributed by atoms with Gasteiger partial charge >= 0.3 is 0 Å². The van der Waals surface area contributed by atoms with E-state index in [1.165, 1.54) is 6.42 Å². The van der Waals surface area contributed by atoms with Crippen LogP contribution in [0.3, 0.4) is 0 Å². The van der Waals surface area contributed by atoms with Crippen molar-refractivity contribution in [2.24, 2.45) is 5.73 Å². The highest BCUT2D eigenvalue weighted by atomic mass is 14.6. The Hall–Kier alpha value is -0.560. The van der Waals surface area contributed by atoms with Crippen LogP contribution in [0.15, 0.2) is 23.8 Å². The first-order chi connectivity index (χ1) is 5.29. The van der Waals surface area contributed by atoms with Crippen LogP contribution in [0.1, 0.15) is 32.6 Å². The molecule has 0 aromatic heterocycles. The van der Waals surface area contributed by atoms with Crippen molar-refractivity contribution >= 4 is 0 Å². The summed E-state index contributed by atoms with van der Waals surface area (Å²) in [5, 5.41) is 0. The maximum atomic E-state index is 5.66. The molecule has 0 saturated heterocycles. The zero-order chi connectivity index (χ0) is 8.10.